The lowest BCUT2D eigenvalue weighted by atomic mass is 10.2. The molecule has 0 spiro atoms. The molecule has 0 bridgehead atoms. The fraction of sp³-hybridized carbons (Fsp3) is 0.0400. The van der Waals surface area contributed by atoms with Crippen molar-refractivity contribution in [1.29, 1.82) is 0 Å². The highest BCUT2D eigenvalue weighted by Gasteiger charge is 2.24. The Labute approximate surface area is 226 Å². The highest BCUT2D eigenvalue weighted by molar-refractivity contribution is 7.92. The summed E-state index contributed by atoms with van der Waals surface area (Å²) in [7, 11) is -4.31. The predicted octanol–water partition coefficient (Wildman–Crippen LogP) is 5.62. The van der Waals surface area contributed by atoms with Crippen LogP contribution in [0.1, 0.15) is 15.9 Å². The van der Waals surface area contributed by atoms with Gasteiger partial charge in [0.15, 0.2) is 17.0 Å². The monoisotopic (exact) mass is 570 g/mol. The third kappa shape index (κ3) is 4.78. The molecule has 0 atom stereocenters. The molecule has 38 heavy (non-hydrogen) atoms. The third-order valence-electron chi connectivity index (χ3n) is 5.48. The van der Waals surface area contributed by atoms with Gasteiger partial charge in [-0.2, -0.15) is 0 Å². The number of rotatable bonds is 6. The van der Waals surface area contributed by atoms with E-state index in [9.17, 15) is 17.6 Å². The molecule has 0 saturated carbocycles. The highest BCUT2D eigenvalue weighted by Crippen LogP contribution is 2.30. The molecule has 2 aromatic heterocycles. The maximum absolute atomic E-state index is 14.4. The number of nitrogens with zero attached hydrogens (tertiary/aromatic N) is 4. The number of hydrogen-bond acceptors (Lipinski definition) is 6. The summed E-state index contributed by atoms with van der Waals surface area (Å²) >= 11 is 12.2. The molecule has 13 heteroatoms. The van der Waals surface area contributed by atoms with Gasteiger partial charge in [0.2, 0.25) is 0 Å². The first-order valence-corrected chi connectivity index (χ1v) is 13.2. The van der Waals surface area contributed by atoms with Gasteiger partial charge in [-0.3, -0.25) is 9.52 Å². The summed E-state index contributed by atoms with van der Waals surface area (Å²) in [6, 6.07) is 14.8. The summed E-state index contributed by atoms with van der Waals surface area (Å²) in [6.07, 6.45) is 2.85. The van der Waals surface area contributed by atoms with Crippen LogP contribution >= 0.6 is 23.2 Å². The maximum Gasteiger partial charge on any atom is 0.264 e. The van der Waals surface area contributed by atoms with Crippen LogP contribution in [-0.2, 0) is 10.0 Å². The molecule has 0 aliphatic rings. The molecule has 0 unspecified atom stereocenters. The van der Waals surface area contributed by atoms with Gasteiger partial charge in [0.25, 0.3) is 15.9 Å². The zero-order valence-electron chi connectivity index (χ0n) is 19.5. The average Bonchev–Trinajstić information content (AvgIpc) is 3.25. The van der Waals surface area contributed by atoms with Crippen LogP contribution in [0.5, 0.6) is 0 Å². The van der Waals surface area contributed by atoms with Gasteiger partial charge in [0.1, 0.15) is 10.7 Å². The van der Waals surface area contributed by atoms with Crippen LogP contribution < -0.4 is 10.0 Å². The number of sulfonamides is 1. The molecule has 5 aromatic rings. The Morgan fingerprint density at radius 2 is 1.76 bits per heavy atom. The van der Waals surface area contributed by atoms with Crippen molar-refractivity contribution in [3.05, 3.63) is 100 Å². The van der Waals surface area contributed by atoms with Crippen molar-refractivity contribution in [3.63, 3.8) is 0 Å². The molecule has 192 valence electrons. The number of hydrogen-bond donors (Lipinski definition) is 2. The third-order valence-corrected chi connectivity index (χ3v) is 7.68. The molecule has 5 rings (SSSR count). The molecular formula is C25H17Cl2FN6O3S. The Morgan fingerprint density at radius 1 is 1.00 bits per heavy atom. The molecule has 3 aromatic carbocycles. The van der Waals surface area contributed by atoms with Gasteiger partial charge in [-0.1, -0.05) is 47.5 Å². The second kappa shape index (κ2) is 10.0. The number of nitrogens with one attached hydrogen (secondary N) is 2. The van der Waals surface area contributed by atoms with E-state index in [1.165, 1.54) is 41.3 Å². The van der Waals surface area contributed by atoms with Gasteiger partial charge in [0.05, 0.1) is 27.0 Å². The van der Waals surface area contributed by atoms with Crippen LogP contribution in [0.2, 0.25) is 10.0 Å². The van der Waals surface area contributed by atoms with E-state index < -0.39 is 26.6 Å². The van der Waals surface area contributed by atoms with E-state index in [1.54, 1.807) is 37.3 Å². The lowest BCUT2D eigenvalue weighted by Gasteiger charge is -2.13. The minimum Gasteiger partial charge on any atom is -0.303 e. The van der Waals surface area contributed by atoms with E-state index in [0.29, 0.717) is 5.56 Å². The van der Waals surface area contributed by atoms with Gasteiger partial charge >= 0.3 is 0 Å². The smallest absolute Gasteiger partial charge is 0.264 e. The second-order valence-electron chi connectivity index (χ2n) is 8.10. The number of aryl methyl sites for hydroxylation is 1. The van der Waals surface area contributed by atoms with E-state index in [-0.39, 0.29) is 44.0 Å². The van der Waals surface area contributed by atoms with Gasteiger partial charge in [-0.05, 0) is 48.9 Å². The van der Waals surface area contributed by atoms with Crippen LogP contribution in [0, 0.1) is 12.7 Å². The summed E-state index contributed by atoms with van der Waals surface area (Å²) < 4.78 is 44.4. The van der Waals surface area contributed by atoms with Crippen LogP contribution in [0.4, 0.5) is 15.9 Å². The van der Waals surface area contributed by atoms with Crippen molar-refractivity contribution in [3.8, 4) is 5.69 Å². The van der Waals surface area contributed by atoms with Crippen molar-refractivity contribution in [2.45, 2.75) is 11.8 Å². The Balaban J connectivity index is 1.57. The second-order valence-corrected chi connectivity index (χ2v) is 10.5. The zero-order valence-corrected chi connectivity index (χ0v) is 21.8. The number of fused-ring (bicyclic) bond motifs is 1. The molecular weight excluding hydrogens is 554 g/mol. The molecule has 1 amide bonds. The summed E-state index contributed by atoms with van der Waals surface area (Å²) in [5.41, 5.74) is 1.53. The van der Waals surface area contributed by atoms with Crippen LogP contribution in [0.25, 0.3) is 16.9 Å². The minimum absolute atomic E-state index is 0.0523. The summed E-state index contributed by atoms with van der Waals surface area (Å²) in [5.74, 6) is -1.42. The number of carbonyl (C=O) groups excluding carboxylic acids is 1. The van der Waals surface area contributed by atoms with Crippen molar-refractivity contribution < 1.29 is 17.6 Å². The fourth-order valence-electron chi connectivity index (χ4n) is 3.71. The molecule has 0 aliphatic carbocycles. The first-order valence-electron chi connectivity index (χ1n) is 11.0. The van der Waals surface area contributed by atoms with E-state index in [1.807, 2.05) is 0 Å². The number of amides is 1. The lowest BCUT2D eigenvalue weighted by Crippen LogP contribution is -2.17. The molecule has 0 fully saturated rings. The average molecular weight is 571 g/mol. The molecule has 0 radical (unpaired) electrons. The Morgan fingerprint density at radius 3 is 2.58 bits per heavy atom. The van der Waals surface area contributed by atoms with E-state index in [2.05, 4.69) is 25.1 Å². The number of aromatic nitrogens is 4. The van der Waals surface area contributed by atoms with Crippen LogP contribution in [0.15, 0.2) is 78.0 Å². The zero-order chi connectivity index (χ0) is 27.0. The SMILES string of the molecule is Cc1ccc(F)c(S(=O)(=O)Nc2ccccc2-n2nc(NC(=O)c3cccc(Cl)c3Cl)c3nccnc32)c1. The van der Waals surface area contributed by atoms with Crippen LogP contribution in [-0.4, -0.2) is 34.1 Å². The lowest BCUT2D eigenvalue weighted by molar-refractivity contribution is 0.102. The Hall–Kier alpha value is -4.06. The number of benzene rings is 3. The van der Waals surface area contributed by atoms with Crippen LogP contribution in [0.3, 0.4) is 0 Å². The number of carbonyl (C=O) groups is 1. The van der Waals surface area contributed by atoms with Crippen molar-refractivity contribution in [2.24, 2.45) is 0 Å². The van der Waals surface area contributed by atoms with Gasteiger partial charge in [-0.15, -0.1) is 5.10 Å². The van der Waals surface area contributed by atoms with Gasteiger partial charge in [-0.25, -0.2) is 27.5 Å². The summed E-state index contributed by atoms with van der Waals surface area (Å²) in [6.45, 7) is 1.66. The first-order chi connectivity index (χ1) is 18.2. The van der Waals surface area contributed by atoms with E-state index >= 15 is 0 Å². The highest BCUT2D eigenvalue weighted by atomic mass is 35.5. The standard InChI is InChI=1S/C25H17Cl2FN6O3S/c1-14-9-10-17(28)20(13-14)38(36,37)33-18-7-2-3-8-19(18)34-24-22(29-11-12-30-24)23(32-34)31-25(35)15-5-4-6-16(26)21(15)27/h2-13,33H,1H3,(H,31,32,35). The van der Waals surface area contributed by atoms with Crippen molar-refractivity contribution >= 4 is 61.8 Å². The molecule has 0 saturated heterocycles. The molecule has 2 N–H and O–H groups in total. The molecule has 0 aliphatic heterocycles. The molecule has 2 heterocycles. The minimum atomic E-state index is -4.31. The molecule has 9 nitrogen and oxygen atoms in total. The van der Waals surface area contributed by atoms with E-state index in [4.69, 9.17) is 23.2 Å². The topological polar surface area (TPSA) is 119 Å². The first kappa shape index (κ1) is 25.6. The largest absolute Gasteiger partial charge is 0.303 e. The maximum atomic E-state index is 14.4. The van der Waals surface area contributed by atoms with E-state index in [0.717, 1.165) is 6.07 Å². The fourth-order valence-corrected chi connectivity index (χ4v) is 5.34. The number of anilines is 2. The Kier molecular flexibility index (Phi) is 6.74. The van der Waals surface area contributed by atoms with Crippen molar-refractivity contribution in [1.82, 2.24) is 19.7 Å². The summed E-state index contributed by atoms with van der Waals surface area (Å²) in [5, 5.41) is 7.39. The number of halogens is 3. The Bertz CT molecular complexity index is 1830. The van der Waals surface area contributed by atoms with Crippen molar-refractivity contribution in [2.75, 3.05) is 10.0 Å². The summed E-state index contributed by atoms with van der Waals surface area (Å²) in [4.78, 5) is 21.1. The van der Waals surface area contributed by atoms with Gasteiger partial charge < -0.3 is 5.32 Å². The normalized spacial score (nSPS) is 11.5. The number of para-hydroxylation sites is 2. The predicted molar refractivity (Wildman–Crippen MR) is 143 cm³/mol. The quantitative estimate of drug-likeness (QED) is 0.273. The van der Waals surface area contributed by atoms with Gasteiger partial charge in [0, 0.05) is 12.4 Å².